The van der Waals surface area contributed by atoms with Crippen LogP contribution in [0.2, 0.25) is 5.02 Å². The third-order valence-corrected chi connectivity index (χ3v) is 2.90. The van der Waals surface area contributed by atoms with E-state index < -0.39 is 4.92 Å². The van der Waals surface area contributed by atoms with Crippen molar-refractivity contribution in [3.63, 3.8) is 0 Å². The van der Waals surface area contributed by atoms with Crippen LogP contribution in [-0.4, -0.2) is 23.9 Å². The molecule has 1 aromatic carbocycles. The van der Waals surface area contributed by atoms with Crippen molar-refractivity contribution in [2.45, 2.75) is 26.3 Å². The van der Waals surface area contributed by atoms with Crippen LogP contribution < -0.4 is 10.6 Å². The maximum absolute atomic E-state index is 11.4. The lowest BCUT2D eigenvalue weighted by Gasteiger charge is -2.06. The van der Waals surface area contributed by atoms with Gasteiger partial charge in [0.05, 0.1) is 4.92 Å². The molecule has 110 valence electrons. The average molecular weight is 300 g/mol. The first-order valence-corrected chi connectivity index (χ1v) is 6.82. The van der Waals surface area contributed by atoms with Gasteiger partial charge >= 0.3 is 0 Å². The smallest absolute Gasteiger partial charge is 0.275 e. The second kappa shape index (κ2) is 8.50. The van der Waals surface area contributed by atoms with Crippen LogP contribution in [0.1, 0.15) is 25.3 Å². The van der Waals surface area contributed by atoms with Gasteiger partial charge in [0.25, 0.3) is 5.69 Å². The summed E-state index contributed by atoms with van der Waals surface area (Å²) in [5.41, 5.74) is 0.536. The monoisotopic (exact) mass is 299 g/mol. The zero-order chi connectivity index (χ0) is 15.0. The molecule has 0 spiro atoms. The zero-order valence-electron chi connectivity index (χ0n) is 11.3. The van der Waals surface area contributed by atoms with Crippen LogP contribution in [0.3, 0.4) is 0 Å². The van der Waals surface area contributed by atoms with Crippen LogP contribution in [0.4, 0.5) is 5.69 Å². The first-order chi connectivity index (χ1) is 9.54. The van der Waals surface area contributed by atoms with Crippen LogP contribution in [-0.2, 0) is 11.3 Å². The van der Waals surface area contributed by atoms with Crippen molar-refractivity contribution in [3.05, 3.63) is 38.9 Å². The predicted octanol–water partition coefficient (Wildman–Crippen LogP) is 2.25. The Labute approximate surface area is 122 Å². The summed E-state index contributed by atoms with van der Waals surface area (Å²) in [6.07, 6.45) is 1.25. The summed E-state index contributed by atoms with van der Waals surface area (Å²) in [7, 11) is 0. The number of carbonyl (C=O) groups is 1. The molecule has 0 saturated heterocycles. The molecule has 0 aromatic heterocycles. The molecule has 20 heavy (non-hydrogen) atoms. The number of nitro groups is 1. The van der Waals surface area contributed by atoms with Crippen molar-refractivity contribution in [2.75, 3.05) is 13.1 Å². The van der Waals surface area contributed by atoms with Gasteiger partial charge in [0.1, 0.15) is 0 Å². The SMILES string of the molecule is CCCNC(=O)CCNCc1ccc(Cl)cc1[N+](=O)[O-]. The summed E-state index contributed by atoms with van der Waals surface area (Å²) < 4.78 is 0. The molecule has 1 rings (SSSR count). The minimum absolute atomic E-state index is 0.0135. The van der Waals surface area contributed by atoms with E-state index in [4.69, 9.17) is 11.6 Å². The third-order valence-electron chi connectivity index (χ3n) is 2.66. The molecule has 0 bridgehead atoms. The molecular formula is C13H18ClN3O3. The van der Waals surface area contributed by atoms with Gasteiger partial charge in [-0.2, -0.15) is 0 Å². The van der Waals surface area contributed by atoms with Gasteiger partial charge in [-0.05, 0) is 18.6 Å². The number of nitrogens with zero attached hydrogens (tertiary/aromatic N) is 1. The molecule has 0 atom stereocenters. The minimum Gasteiger partial charge on any atom is -0.356 e. The van der Waals surface area contributed by atoms with Crippen LogP contribution in [0.25, 0.3) is 0 Å². The summed E-state index contributed by atoms with van der Waals surface area (Å²) in [6.45, 7) is 3.45. The van der Waals surface area contributed by atoms with Gasteiger partial charge in [-0.25, -0.2) is 0 Å². The van der Waals surface area contributed by atoms with E-state index in [1.807, 2.05) is 6.92 Å². The molecule has 0 aliphatic carbocycles. The normalized spacial score (nSPS) is 10.3. The standard InChI is InChI=1S/C13H18ClN3O3/c1-2-6-16-13(18)5-7-15-9-10-3-4-11(14)8-12(10)17(19)20/h3-4,8,15H,2,5-7,9H2,1H3,(H,16,18). The first kappa shape index (κ1) is 16.4. The van der Waals surface area contributed by atoms with Gasteiger partial charge in [-0.15, -0.1) is 0 Å². The molecule has 0 aliphatic heterocycles. The van der Waals surface area contributed by atoms with Gasteiger partial charge in [0, 0.05) is 42.7 Å². The highest BCUT2D eigenvalue weighted by atomic mass is 35.5. The summed E-state index contributed by atoms with van der Waals surface area (Å²) in [5, 5.41) is 17.0. The summed E-state index contributed by atoms with van der Waals surface area (Å²) in [4.78, 5) is 21.8. The number of halogens is 1. The molecule has 0 fully saturated rings. The summed E-state index contributed by atoms with van der Waals surface area (Å²) in [5.74, 6) is -0.0232. The number of benzene rings is 1. The van der Waals surface area contributed by atoms with Crippen molar-refractivity contribution in [1.82, 2.24) is 10.6 Å². The fourth-order valence-electron chi connectivity index (χ4n) is 1.63. The second-order valence-electron chi connectivity index (χ2n) is 4.31. The number of nitrogens with one attached hydrogen (secondary N) is 2. The Balaban J connectivity index is 2.42. The van der Waals surface area contributed by atoms with Crippen LogP contribution in [0, 0.1) is 10.1 Å². The van der Waals surface area contributed by atoms with E-state index in [0.717, 1.165) is 6.42 Å². The fraction of sp³-hybridized carbons (Fsp3) is 0.462. The van der Waals surface area contributed by atoms with Crippen LogP contribution >= 0.6 is 11.6 Å². The topological polar surface area (TPSA) is 84.3 Å². The molecule has 0 saturated carbocycles. The molecule has 7 heteroatoms. The van der Waals surface area contributed by atoms with E-state index in [0.29, 0.717) is 36.6 Å². The Bertz CT molecular complexity index is 480. The van der Waals surface area contributed by atoms with Gasteiger partial charge < -0.3 is 10.6 Å². The maximum atomic E-state index is 11.4. The molecule has 2 N–H and O–H groups in total. The highest BCUT2D eigenvalue weighted by Crippen LogP contribution is 2.22. The number of hydrogen-bond acceptors (Lipinski definition) is 4. The number of hydrogen-bond donors (Lipinski definition) is 2. The molecule has 1 amide bonds. The predicted molar refractivity (Wildman–Crippen MR) is 77.7 cm³/mol. The van der Waals surface area contributed by atoms with Gasteiger partial charge in [-0.3, -0.25) is 14.9 Å². The third kappa shape index (κ3) is 5.54. The molecule has 0 radical (unpaired) electrons. The lowest BCUT2D eigenvalue weighted by atomic mass is 10.2. The van der Waals surface area contributed by atoms with Crippen molar-refractivity contribution in [1.29, 1.82) is 0 Å². The Hall–Kier alpha value is -1.66. The highest BCUT2D eigenvalue weighted by Gasteiger charge is 2.13. The van der Waals surface area contributed by atoms with E-state index in [-0.39, 0.29) is 11.6 Å². The second-order valence-corrected chi connectivity index (χ2v) is 4.74. The number of rotatable bonds is 8. The fourth-order valence-corrected chi connectivity index (χ4v) is 1.80. The summed E-state index contributed by atoms with van der Waals surface area (Å²) in [6, 6.07) is 4.55. The summed E-state index contributed by atoms with van der Waals surface area (Å²) >= 11 is 5.73. The van der Waals surface area contributed by atoms with Gasteiger partial charge in [-0.1, -0.05) is 18.5 Å². The maximum Gasteiger partial charge on any atom is 0.275 e. The van der Waals surface area contributed by atoms with Gasteiger partial charge in [0.15, 0.2) is 0 Å². The lowest BCUT2D eigenvalue weighted by molar-refractivity contribution is -0.385. The minimum atomic E-state index is -0.461. The van der Waals surface area contributed by atoms with E-state index >= 15 is 0 Å². The molecular weight excluding hydrogens is 282 g/mol. The molecule has 6 nitrogen and oxygen atoms in total. The van der Waals surface area contributed by atoms with Crippen molar-refractivity contribution < 1.29 is 9.72 Å². The van der Waals surface area contributed by atoms with Crippen LogP contribution in [0.15, 0.2) is 18.2 Å². The van der Waals surface area contributed by atoms with E-state index in [1.54, 1.807) is 12.1 Å². The van der Waals surface area contributed by atoms with E-state index in [9.17, 15) is 14.9 Å². The Morgan fingerprint density at radius 2 is 2.15 bits per heavy atom. The average Bonchev–Trinajstić information content (AvgIpc) is 2.42. The first-order valence-electron chi connectivity index (χ1n) is 6.44. The zero-order valence-corrected chi connectivity index (χ0v) is 12.1. The van der Waals surface area contributed by atoms with E-state index in [2.05, 4.69) is 10.6 Å². The largest absolute Gasteiger partial charge is 0.356 e. The molecule has 0 heterocycles. The van der Waals surface area contributed by atoms with Gasteiger partial charge in [0.2, 0.25) is 5.91 Å². The molecule has 0 unspecified atom stereocenters. The number of nitro benzene ring substituents is 1. The molecule has 0 aliphatic rings. The van der Waals surface area contributed by atoms with Crippen molar-refractivity contribution in [2.24, 2.45) is 0 Å². The lowest BCUT2D eigenvalue weighted by Crippen LogP contribution is -2.28. The quantitative estimate of drug-likeness (QED) is 0.438. The van der Waals surface area contributed by atoms with Crippen molar-refractivity contribution in [3.8, 4) is 0 Å². The van der Waals surface area contributed by atoms with E-state index in [1.165, 1.54) is 6.07 Å². The Kier molecular flexibility index (Phi) is 6.97. The number of amides is 1. The van der Waals surface area contributed by atoms with Crippen LogP contribution in [0.5, 0.6) is 0 Å². The van der Waals surface area contributed by atoms with Crippen molar-refractivity contribution >= 4 is 23.2 Å². The highest BCUT2D eigenvalue weighted by molar-refractivity contribution is 6.30. The molecule has 1 aromatic rings. The Morgan fingerprint density at radius 1 is 1.40 bits per heavy atom. The number of carbonyl (C=O) groups excluding carboxylic acids is 1. The Morgan fingerprint density at radius 3 is 2.80 bits per heavy atom.